The molecule has 1 fully saturated rings. The smallest absolute Gasteiger partial charge is 0.409 e. The maximum Gasteiger partial charge on any atom is 0.409 e. The molecule has 1 rings (SSSR count). The molecule has 3 atom stereocenters. The lowest BCUT2D eigenvalue weighted by molar-refractivity contribution is 0.0413. The lowest BCUT2D eigenvalue weighted by Gasteiger charge is -2.38. The van der Waals surface area contributed by atoms with E-state index >= 15 is 0 Å². The lowest BCUT2D eigenvalue weighted by Crippen LogP contribution is -2.54. The number of nitrogens with one attached hydrogen (secondary N) is 1. The van der Waals surface area contributed by atoms with Crippen LogP contribution in [0.15, 0.2) is 0 Å². The van der Waals surface area contributed by atoms with Crippen molar-refractivity contribution >= 4 is 12.2 Å². The fourth-order valence-electron chi connectivity index (χ4n) is 2.21. The van der Waals surface area contributed by atoms with Crippen LogP contribution in [0.25, 0.3) is 0 Å². The summed E-state index contributed by atoms with van der Waals surface area (Å²) in [7, 11) is 1.31. The highest BCUT2D eigenvalue weighted by molar-refractivity contribution is 5.69. The normalized spacial score (nSPS) is 24.5. The summed E-state index contributed by atoms with van der Waals surface area (Å²) in [5, 5.41) is 12.4. The number of piperidine rings is 1. The molecule has 1 aliphatic heterocycles. The summed E-state index contributed by atoms with van der Waals surface area (Å²) >= 11 is 0. The number of likely N-dealkylation sites (tertiary alicyclic amines) is 1. The van der Waals surface area contributed by atoms with E-state index < -0.39 is 18.3 Å². The third kappa shape index (κ3) is 4.59. The van der Waals surface area contributed by atoms with Gasteiger partial charge in [-0.3, -0.25) is 0 Å². The molecule has 0 bridgehead atoms. The van der Waals surface area contributed by atoms with E-state index in [0.29, 0.717) is 26.1 Å². The zero-order valence-electron chi connectivity index (χ0n) is 11.6. The highest BCUT2D eigenvalue weighted by Gasteiger charge is 2.33. The Morgan fingerprint density at radius 3 is 2.68 bits per heavy atom. The molecule has 0 aliphatic carbocycles. The van der Waals surface area contributed by atoms with Gasteiger partial charge in [-0.15, -0.1) is 0 Å². The molecule has 0 saturated carbocycles. The van der Waals surface area contributed by atoms with Crippen molar-refractivity contribution in [2.75, 3.05) is 26.8 Å². The summed E-state index contributed by atoms with van der Waals surface area (Å²) in [6.45, 7) is 4.46. The van der Waals surface area contributed by atoms with Gasteiger partial charge in [-0.25, -0.2) is 9.59 Å². The largest absolute Gasteiger partial charge is 0.453 e. The maximum absolute atomic E-state index is 11.6. The first-order valence-corrected chi connectivity index (χ1v) is 6.42. The zero-order chi connectivity index (χ0) is 14.4. The first-order chi connectivity index (χ1) is 8.97. The molecular weight excluding hydrogens is 252 g/mol. The number of carbonyl (C=O) groups is 2. The number of hydrogen-bond donors (Lipinski definition) is 2. The minimum atomic E-state index is -0.557. The number of rotatable bonds is 3. The number of nitrogens with zero attached hydrogens (tertiary/aromatic N) is 1. The average molecular weight is 274 g/mol. The number of methoxy groups -OCH3 is 1. The van der Waals surface area contributed by atoms with E-state index in [-0.39, 0.29) is 12.0 Å². The lowest BCUT2D eigenvalue weighted by atomic mass is 9.90. The van der Waals surface area contributed by atoms with E-state index in [0.717, 1.165) is 0 Å². The van der Waals surface area contributed by atoms with E-state index in [1.807, 2.05) is 0 Å². The van der Waals surface area contributed by atoms with Crippen molar-refractivity contribution in [3.8, 4) is 0 Å². The van der Waals surface area contributed by atoms with Crippen molar-refractivity contribution in [1.29, 1.82) is 0 Å². The Morgan fingerprint density at radius 1 is 1.47 bits per heavy atom. The summed E-state index contributed by atoms with van der Waals surface area (Å²) in [5.74, 6) is -0.0974. The van der Waals surface area contributed by atoms with Crippen LogP contribution in [0.4, 0.5) is 9.59 Å². The number of amides is 2. The van der Waals surface area contributed by atoms with Crippen molar-refractivity contribution in [3.05, 3.63) is 0 Å². The molecule has 0 aromatic rings. The van der Waals surface area contributed by atoms with Crippen molar-refractivity contribution in [3.63, 3.8) is 0 Å². The summed E-state index contributed by atoms with van der Waals surface area (Å²) in [4.78, 5) is 24.5. The van der Waals surface area contributed by atoms with Crippen LogP contribution >= 0.6 is 0 Å². The van der Waals surface area contributed by atoms with E-state index in [4.69, 9.17) is 4.74 Å². The predicted octanol–water partition coefficient (Wildman–Crippen LogP) is 0.570. The maximum atomic E-state index is 11.6. The fraction of sp³-hybridized carbons (Fsp3) is 0.833. The molecule has 0 radical (unpaired) electrons. The minimum absolute atomic E-state index is 0.0974. The standard InChI is InChI=1S/C12H22N2O5/c1-4-19-11(16)13-10-5-9(8(2)15)6-14(7-10)12(17)18-3/h8-10,15H,4-7H2,1-3H3,(H,13,16). The summed E-state index contributed by atoms with van der Waals surface area (Å²) in [6.07, 6.45) is -0.923. The van der Waals surface area contributed by atoms with Gasteiger partial charge < -0.3 is 24.8 Å². The third-order valence-corrected chi connectivity index (χ3v) is 3.20. The van der Waals surface area contributed by atoms with Gasteiger partial charge in [0, 0.05) is 19.0 Å². The van der Waals surface area contributed by atoms with Crippen LogP contribution in [0, 0.1) is 5.92 Å². The van der Waals surface area contributed by atoms with Crippen LogP contribution in [0.5, 0.6) is 0 Å². The predicted molar refractivity (Wildman–Crippen MR) is 67.7 cm³/mol. The Bertz CT molecular complexity index is 321. The Morgan fingerprint density at radius 2 is 2.16 bits per heavy atom. The van der Waals surface area contributed by atoms with E-state index in [2.05, 4.69) is 10.1 Å². The number of aliphatic hydroxyl groups is 1. The molecule has 1 heterocycles. The van der Waals surface area contributed by atoms with Gasteiger partial charge in [-0.1, -0.05) is 0 Å². The molecule has 2 amide bonds. The highest BCUT2D eigenvalue weighted by Crippen LogP contribution is 2.21. The van der Waals surface area contributed by atoms with Gasteiger partial charge in [0.05, 0.1) is 25.9 Å². The van der Waals surface area contributed by atoms with Crippen LogP contribution in [0.3, 0.4) is 0 Å². The van der Waals surface area contributed by atoms with E-state index in [1.165, 1.54) is 12.0 Å². The molecule has 1 saturated heterocycles. The fourth-order valence-corrected chi connectivity index (χ4v) is 2.21. The molecule has 0 aromatic carbocycles. The molecule has 7 heteroatoms. The molecule has 7 nitrogen and oxygen atoms in total. The molecule has 3 unspecified atom stereocenters. The first kappa shape index (κ1) is 15.6. The van der Waals surface area contributed by atoms with Gasteiger partial charge in [0.1, 0.15) is 0 Å². The van der Waals surface area contributed by atoms with Crippen molar-refractivity contribution < 1.29 is 24.2 Å². The highest BCUT2D eigenvalue weighted by atomic mass is 16.5. The van der Waals surface area contributed by atoms with Gasteiger partial charge in [-0.2, -0.15) is 0 Å². The number of aliphatic hydroxyl groups excluding tert-OH is 1. The average Bonchev–Trinajstić information content (AvgIpc) is 2.37. The minimum Gasteiger partial charge on any atom is -0.453 e. The Kier molecular flexibility index (Phi) is 5.88. The first-order valence-electron chi connectivity index (χ1n) is 6.42. The molecule has 0 spiro atoms. The summed E-state index contributed by atoms with van der Waals surface area (Å²) in [5.41, 5.74) is 0. The Balaban J connectivity index is 2.64. The van der Waals surface area contributed by atoms with E-state index in [1.54, 1.807) is 13.8 Å². The van der Waals surface area contributed by atoms with Crippen LogP contribution in [0.1, 0.15) is 20.3 Å². The third-order valence-electron chi connectivity index (χ3n) is 3.20. The van der Waals surface area contributed by atoms with Crippen molar-refractivity contribution in [2.24, 2.45) is 5.92 Å². The molecule has 19 heavy (non-hydrogen) atoms. The molecule has 110 valence electrons. The van der Waals surface area contributed by atoms with Crippen LogP contribution in [-0.2, 0) is 9.47 Å². The Hall–Kier alpha value is -1.50. The van der Waals surface area contributed by atoms with Crippen molar-refractivity contribution in [2.45, 2.75) is 32.4 Å². The summed E-state index contributed by atoms with van der Waals surface area (Å²) in [6, 6.07) is -0.244. The monoisotopic (exact) mass is 274 g/mol. The molecule has 2 N–H and O–H groups in total. The van der Waals surface area contributed by atoms with Gasteiger partial charge in [0.15, 0.2) is 0 Å². The van der Waals surface area contributed by atoms with Gasteiger partial charge in [0.2, 0.25) is 0 Å². The number of hydrogen-bond acceptors (Lipinski definition) is 5. The second-order valence-electron chi connectivity index (χ2n) is 4.67. The number of alkyl carbamates (subject to hydrolysis) is 1. The van der Waals surface area contributed by atoms with Gasteiger partial charge in [-0.05, 0) is 20.3 Å². The number of ether oxygens (including phenoxy) is 2. The zero-order valence-corrected chi connectivity index (χ0v) is 11.6. The second kappa shape index (κ2) is 7.18. The molecule has 1 aliphatic rings. The number of carbonyl (C=O) groups excluding carboxylic acids is 2. The van der Waals surface area contributed by atoms with Gasteiger partial charge in [0.25, 0.3) is 0 Å². The van der Waals surface area contributed by atoms with E-state index in [9.17, 15) is 14.7 Å². The van der Waals surface area contributed by atoms with Crippen LogP contribution in [0.2, 0.25) is 0 Å². The SMILES string of the molecule is CCOC(=O)NC1CC(C(C)O)CN(C(=O)OC)C1. The Labute approximate surface area is 112 Å². The quantitative estimate of drug-likeness (QED) is 0.785. The second-order valence-corrected chi connectivity index (χ2v) is 4.67. The van der Waals surface area contributed by atoms with Crippen LogP contribution in [-0.4, -0.2) is 61.1 Å². The summed E-state index contributed by atoms with van der Waals surface area (Å²) < 4.78 is 9.50. The topological polar surface area (TPSA) is 88.1 Å². The molecule has 0 aromatic heterocycles. The van der Waals surface area contributed by atoms with Gasteiger partial charge >= 0.3 is 12.2 Å². The molecular formula is C12H22N2O5. The van der Waals surface area contributed by atoms with Crippen LogP contribution < -0.4 is 5.32 Å². The van der Waals surface area contributed by atoms with Crippen molar-refractivity contribution in [1.82, 2.24) is 10.2 Å².